The van der Waals surface area contributed by atoms with E-state index in [0.717, 1.165) is 6.08 Å². The van der Waals surface area contributed by atoms with Crippen LogP contribution in [0.4, 0.5) is 0 Å². The average molecular weight is 172 g/mol. The minimum Gasteiger partial charge on any atom is -0.478 e. The smallest absolute Gasteiger partial charge is 0.328 e. The Morgan fingerprint density at radius 1 is 1.33 bits per heavy atom. The molecule has 0 aliphatic rings. The molecule has 0 fully saturated rings. The Bertz CT molecular complexity index is 154. The van der Waals surface area contributed by atoms with Crippen LogP contribution in [-0.4, -0.2) is 22.3 Å². The van der Waals surface area contributed by atoms with Crippen molar-refractivity contribution >= 4 is 5.97 Å². The Morgan fingerprint density at radius 3 is 2.00 bits per heavy atom. The summed E-state index contributed by atoms with van der Waals surface area (Å²) in [5.41, 5.74) is 0. The third-order valence-corrected chi connectivity index (χ3v) is 0.542. The fourth-order valence-electron chi connectivity index (χ4n) is 0.249. The molecule has 0 radical (unpaired) electrons. The van der Waals surface area contributed by atoms with Crippen LogP contribution >= 0.6 is 0 Å². The second-order valence-corrected chi connectivity index (χ2v) is 2.32. The van der Waals surface area contributed by atoms with Crippen molar-refractivity contribution in [1.29, 1.82) is 0 Å². The molecule has 3 heteroatoms. The molecule has 70 valence electrons. The third kappa shape index (κ3) is 36.5. The van der Waals surface area contributed by atoms with Gasteiger partial charge in [0.2, 0.25) is 0 Å². The molecule has 0 amide bonds. The van der Waals surface area contributed by atoms with Crippen LogP contribution in [-0.2, 0) is 4.79 Å². The number of aliphatic hydroxyl groups is 1. The van der Waals surface area contributed by atoms with Gasteiger partial charge in [0.25, 0.3) is 0 Å². The van der Waals surface area contributed by atoms with Gasteiger partial charge >= 0.3 is 5.97 Å². The van der Waals surface area contributed by atoms with E-state index in [1.165, 1.54) is 6.08 Å². The van der Waals surface area contributed by atoms with Gasteiger partial charge in [-0.25, -0.2) is 4.79 Å². The lowest BCUT2D eigenvalue weighted by Crippen LogP contribution is -1.85. The van der Waals surface area contributed by atoms with E-state index >= 15 is 0 Å². The fourth-order valence-corrected chi connectivity index (χ4v) is 0.249. The van der Waals surface area contributed by atoms with Crippen molar-refractivity contribution in [3.63, 3.8) is 0 Å². The van der Waals surface area contributed by atoms with Crippen LogP contribution in [0.1, 0.15) is 20.8 Å². The first-order valence-corrected chi connectivity index (χ1v) is 3.71. The number of hydrogen-bond acceptors (Lipinski definition) is 2. The average Bonchev–Trinajstić information content (AvgIpc) is 1.86. The van der Waals surface area contributed by atoms with Gasteiger partial charge in [-0.2, -0.15) is 0 Å². The van der Waals surface area contributed by atoms with E-state index in [1.54, 1.807) is 26.0 Å². The van der Waals surface area contributed by atoms with Crippen LogP contribution in [0.5, 0.6) is 0 Å². The Labute approximate surface area is 73.0 Å². The molecule has 0 aromatic carbocycles. The third-order valence-electron chi connectivity index (χ3n) is 0.542. The van der Waals surface area contributed by atoms with Crippen LogP contribution in [0.15, 0.2) is 24.3 Å². The van der Waals surface area contributed by atoms with E-state index in [-0.39, 0.29) is 6.10 Å². The lowest BCUT2D eigenvalue weighted by molar-refractivity contribution is -0.131. The Hall–Kier alpha value is -1.09. The van der Waals surface area contributed by atoms with Crippen molar-refractivity contribution in [2.45, 2.75) is 26.9 Å². The number of aliphatic carboxylic acids is 1. The monoisotopic (exact) mass is 172 g/mol. The zero-order valence-electron chi connectivity index (χ0n) is 7.69. The zero-order valence-corrected chi connectivity index (χ0v) is 7.69. The summed E-state index contributed by atoms with van der Waals surface area (Å²) in [5, 5.41) is 16.1. The number of carboxylic acid groups (broad SMARTS) is 1. The molecule has 0 saturated carbocycles. The topological polar surface area (TPSA) is 57.5 Å². The van der Waals surface area contributed by atoms with Crippen molar-refractivity contribution in [3.05, 3.63) is 24.3 Å². The molecule has 3 nitrogen and oxygen atoms in total. The van der Waals surface area contributed by atoms with Gasteiger partial charge in [0, 0.05) is 12.2 Å². The molecule has 0 heterocycles. The minimum atomic E-state index is -0.914. The van der Waals surface area contributed by atoms with Gasteiger partial charge in [-0.15, -0.1) is 0 Å². The van der Waals surface area contributed by atoms with Crippen LogP contribution < -0.4 is 0 Å². The summed E-state index contributed by atoms with van der Waals surface area (Å²) in [4.78, 5) is 9.75. The summed E-state index contributed by atoms with van der Waals surface area (Å²) < 4.78 is 0. The predicted molar refractivity (Wildman–Crippen MR) is 48.9 cm³/mol. The summed E-state index contributed by atoms with van der Waals surface area (Å²) in [6.45, 7) is 5.27. The van der Waals surface area contributed by atoms with Crippen molar-refractivity contribution in [3.8, 4) is 0 Å². The molecule has 0 atom stereocenters. The molecule has 0 bridgehead atoms. The van der Waals surface area contributed by atoms with E-state index in [0.29, 0.717) is 0 Å². The highest BCUT2D eigenvalue weighted by Crippen LogP contribution is 1.74. The van der Waals surface area contributed by atoms with Gasteiger partial charge in [0.05, 0.1) is 0 Å². The van der Waals surface area contributed by atoms with Crippen molar-refractivity contribution in [2.24, 2.45) is 0 Å². The summed E-state index contributed by atoms with van der Waals surface area (Å²) in [6, 6.07) is 0. The number of rotatable bonds is 2. The highest BCUT2D eigenvalue weighted by molar-refractivity contribution is 5.80. The van der Waals surface area contributed by atoms with Crippen LogP contribution in [0, 0.1) is 0 Å². The van der Waals surface area contributed by atoms with Crippen molar-refractivity contribution in [2.75, 3.05) is 0 Å². The largest absolute Gasteiger partial charge is 0.478 e. The SMILES string of the molecule is CC(C)O.CC=CC=CC(=O)O. The number of carbonyl (C=O) groups is 1. The molecule has 0 rings (SSSR count). The Balaban J connectivity index is 0. The summed E-state index contributed by atoms with van der Waals surface area (Å²) in [7, 11) is 0. The normalized spacial score (nSPS) is 10.4. The molecular weight excluding hydrogens is 156 g/mol. The van der Waals surface area contributed by atoms with Gasteiger partial charge < -0.3 is 10.2 Å². The molecule has 0 saturated heterocycles. The molecule has 0 spiro atoms. The van der Waals surface area contributed by atoms with Crippen LogP contribution in [0.2, 0.25) is 0 Å². The highest BCUT2D eigenvalue weighted by Gasteiger charge is 1.78. The van der Waals surface area contributed by atoms with Gasteiger partial charge in [-0.05, 0) is 20.8 Å². The van der Waals surface area contributed by atoms with Gasteiger partial charge in [-0.3, -0.25) is 0 Å². The predicted octanol–water partition coefficient (Wildman–Crippen LogP) is 1.59. The Kier molecular flexibility index (Phi) is 11.1. The first kappa shape index (κ1) is 13.5. The fraction of sp³-hybridized carbons (Fsp3) is 0.444. The molecule has 0 aliphatic carbocycles. The maximum Gasteiger partial charge on any atom is 0.328 e. The van der Waals surface area contributed by atoms with Crippen LogP contribution in [0.25, 0.3) is 0 Å². The lowest BCUT2D eigenvalue weighted by Gasteiger charge is -1.80. The minimum absolute atomic E-state index is 0.167. The quantitative estimate of drug-likeness (QED) is 0.491. The second kappa shape index (κ2) is 9.91. The van der Waals surface area contributed by atoms with E-state index in [9.17, 15) is 4.79 Å². The molecule has 0 aromatic heterocycles. The zero-order chi connectivity index (χ0) is 9.98. The van der Waals surface area contributed by atoms with E-state index < -0.39 is 5.97 Å². The Morgan fingerprint density at radius 2 is 1.75 bits per heavy atom. The maximum atomic E-state index is 9.75. The standard InChI is InChI=1S/C6H8O2.C3H8O/c1-2-3-4-5-6(7)8;1-3(2)4/h2-5H,1H3,(H,7,8);3-4H,1-2H3. The highest BCUT2D eigenvalue weighted by atomic mass is 16.4. The molecule has 0 aromatic rings. The number of allylic oxidation sites excluding steroid dienone is 3. The van der Waals surface area contributed by atoms with E-state index in [1.807, 2.05) is 6.92 Å². The first-order valence-electron chi connectivity index (χ1n) is 3.71. The molecule has 2 N–H and O–H groups in total. The first-order chi connectivity index (χ1) is 5.50. The number of hydrogen-bond donors (Lipinski definition) is 2. The summed E-state index contributed by atoms with van der Waals surface area (Å²) in [5.74, 6) is -0.914. The molecule has 0 unspecified atom stereocenters. The van der Waals surface area contributed by atoms with Crippen molar-refractivity contribution < 1.29 is 15.0 Å². The van der Waals surface area contributed by atoms with E-state index in [2.05, 4.69) is 0 Å². The van der Waals surface area contributed by atoms with Crippen molar-refractivity contribution in [1.82, 2.24) is 0 Å². The lowest BCUT2D eigenvalue weighted by atomic mass is 10.4. The molecule has 12 heavy (non-hydrogen) atoms. The summed E-state index contributed by atoms with van der Waals surface area (Å²) in [6.07, 6.45) is 5.82. The number of aliphatic hydroxyl groups excluding tert-OH is 1. The van der Waals surface area contributed by atoms with Gasteiger partial charge in [0.15, 0.2) is 0 Å². The molecular formula is C9H16O3. The summed E-state index contributed by atoms with van der Waals surface area (Å²) >= 11 is 0. The maximum absolute atomic E-state index is 9.75. The second-order valence-electron chi connectivity index (χ2n) is 2.32. The van der Waals surface area contributed by atoms with E-state index in [4.69, 9.17) is 10.2 Å². The van der Waals surface area contributed by atoms with Gasteiger partial charge in [-0.1, -0.05) is 18.2 Å². The molecule has 0 aliphatic heterocycles. The van der Waals surface area contributed by atoms with Crippen LogP contribution in [0.3, 0.4) is 0 Å². The van der Waals surface area contributed by atoms with Gasteiger partial charge in [0.1, 0.15) is 0 Å². The number of carboxylic acids is 1.